The molecule has 1 N–H and O–H groups in total. The normalized spacial score (nSPS) is 11.0. The number of aryl methyl sites for hydroxylation is 3. The Kier molecular flexibility index (Phi) is 6.21. The van der Waals surface area contributed by atoms with E-state index in [1.165, 1.54) is 7.11 Å². The van der Waals surface area contributed by atoms with Crippen molar-refractivity contribution in [3.8, 4) is 5.75 Å². The minimum absolute atomic E-state index is 0.126. The monoisotopic (exact) mass is 447 g/mol. The number of fused-ring (bicyclic) bond motifs is 2. The third-order valence-corrected chi connectivity index (χ3v) is 5.47. The number of methoxy groups -OCH3 is 1. The van der Waals surface area contributed by atoms with E-state index in [-0.39, 0.29) is 18.9 Å². The van der Waals surface area contributed by atoms with Crippen molar-refractivity contribution in [1.82, 2.24) is 19.6 Å². The Hall–Kier alpha value is -4.01. The Morgan fingerprint density at radius 1 is 1.15 bits per heavy atom. The number of nitrogens with zero attached hydrogens (tertiary/aromatic N) is 4. The second-order valence-electron chi connectivity index (χ2n) is 7.74. The molecule has 1 amide bonds. The van der Waals surface area contributed by atoms with Gasteiger partial charge in [0.15, 0.2) is 12.3 Å². The summed E-state index contributed by atoms with van der Waals surface area (Å²) >= 11 is 0. The maximum Gasteiger partial charge on any atom is 0.343 e. The smallest absolute Gasteiger partial charge is 0.343 e. The molecule has 0 atom stereocenters. The lowest BCUT2D eigenvalue weighted by atomic mass is 10.1. The van der Waals surface area contributed by atoms with Crippen molar-refractivity contribution in [3.05, 3.63) is 59.2 Å². The van der Waals surface area contributed by atoms with Crippen LogP contribution in [0.3, 0.4) is 0 Å². The Bertz CT molecular complexity index is 1360. The minimum atomic E-state index is -0.486. The quantitative estimate of drug-likeness (QED) is 0.433. The van der Waals surface area contributed by atoms with E-state index in [2.05, 4.69) is 25.1 Å². The average Bonchev–Trinajstić information content (AvgIpc) is 3.18. The second kappa shape index (κ2) is 9.23. The van der Waals surface area contributed by atoms with Gasteiger partial charge < -0.3 is 14.8 Å². The van der Waals surface area contributed by atoms with Crippen molar-refractivity contribution in [1.29, 1.82) is 0 Å². The topological polar surface area (TPSA) is 108 Å². The highest BCUT2D eigenvalue weighted by atomic mass is 16.6. The summed E-state index contributed by atoms with van der Waals surface area (Å²) in [6.45, 7) is 5.66. The number of anilines is 1. The predicted octanol–water partition coefficient (Wildman–Crippen LogP) is 3.33. The van der Waals surface area contributed by atoms with Gasteiger partial charge in [0.1, 0.15) is 11.3 Å². The van der Waals surface area contributed by atoms with Gasteiger partial charge in [-0.1, -0.05) is 0 Å². The van der Waals surface area contributed by atoms with Gasteiger partial charge in [-0.15, -0.1) is 0 Å². The number of pyridine rings is 1. The van der Waals surface area contributed by atoms with Gasteiger partial charge in [0.25, 0.3) is 0 Å². The number of nitrogens with one attached hydrogen (secondary N) is 1. The molecule has 0 spiro atoms. The van der Waals surface area contributed by atoms with Crippen LogP contribution in [0.25, 0.3) is 16.6 Å². The molecule has 4 aromatic rings. The first-order valence-corrected chi connectivity index (χ1v) is 10.6. The summed E-state index contributed by atoms with van der Waals surface area (Å²) in [4.78, 5) is 33.2. The Labute approximate surface area is 190 Å². The molecule has 0 saturated heterocycles. The van der Waals surface area contributed by atoms with E-state index in [0.29, 0.717) is 23.4 Å². The van der Waals surface area contributed by atoms with Crippen LogP contribution in [-0.4, -0.2) is 45.2 Å². The number of carbonyl (C=O) groups excluding carboxylic acids is 2. The number of rotatable bonds is 7. The Morgan fingerprint density at radius 3 is 2.76 bits per heavy atom. The van der Waals surface area contributed by atoms with Gasteiger partial charge in [0.05, 0.1) is 18.5 Å². The predicted molar refractivity (Wildman–Crippen MR) is 123 cm³/mol. The fraction of sp³-hybridized carbons (Fsp3) is 0.292. The summed E-state index contributed by atoms with van der Waals surface area (Å²) in [5.74, 6) is -0.173. The van der Waals surface area contributed by atoms with Crippen LogP contribution in [0.15, 0.2) is 36.5 Å². The number of amides is 1. The molecular weight excluding hydrogens is 422 g/mol. The molecule has 1 aromatic carbocycles. The number of esters is 1. The molecule has 3 heterocycles. The lowest BCUT2D eigenvalue weighted by molar-refractivity contribution is -0.142. The first-order valence-electron chi connectivity index (χ1n) is 10.6. The van der Waals surface area contributed by atoms with Crippen molar-refractivity contribution in [2.24, 2.45) is 0 Å². The molecule has 9 heteroatoms. The number of carbonyl (C=O) groups is 2. The molecule has 9 nitrogen and oxygen atoms in total. The van der Waals surface area contributed by atoms with Crippen LogP contribution in [0.2, 0.25) is 0 Å². The SMILES string of the molecule is COC(=O)COc1ccc(NC(=O)CCc2c(C)nc3cc(C)nn3c2C)c2cccnc12. The molecule has 0 aliphatic rings. The second-order valence-corrected chi connectivity index (χ2v) is 7.74. The van der Waals surface area contributed by atoms with Crippen LogP contribution in [0.4, 0.5) is 5.69 Å². The molecule has 0 radical (unpaired) electrons. The van der Waals surface area contributed by atoms with Crippen LogP contribution in [0.5, 0.6) is 5.75 Å². The third-order valence-electron chi connectivity index (χ3n) is 5.47. The Balaban J connectivity index is 1.51. The van der Waals surface area contributed by atoms with Crippen molar-refractivity contribution in [2.45, 2.75) is 33.6 Å². The van der Waals surface area contributed by atoms with Crippen molar-refractivity contribution >= 4 is 34.1 Å². The summed E-state index contributed by atoms with van der Waals surface area (Å²) in [5, 5.41) is 8.18. The van der Waals surface area contributed by atoms with E-state index < -0.39 is 5.97 Å². The highest BCUT2D eigenvalue weighted by Gasteiger charge is 2.15. The van der Waals surface area contributed by atoms with E-state index in [4.69, 9.17) is 4.74 Å². The van der Waals surface area contributed by atoms with E-state index in [1.807, 2.05) is 37.4 Å². The van der Waals surface area contributed by atoms with Crippen LogP contribution in [0.1, 0.15) is 29.1 Å². The van der Waals surface area contributed by atoms with Gasteiger partial charge in [-0.3, -0.25) is 9.78 Å². The first kappa shape index (κ1) is 22.2. The van der Waals surface area contributed by atoms with E-state index in [1.54, 1.807) is 24.4 Å². The van der Waals surface area contributed by atoms with E-state index in [0.717, 1.165) is 33.7 Å². The summed E-state index contributed by atoms with van der Waals surface area (Å²) < 4.78 is 12.0. The van der Waals surface area contributed by atoms with Crippen LogP contribution >= 0.6 is 0 Å². The summed E-state index contributed by atoms with van der Waals surface area (Å²) in [5.41, 5.74) is 5.78. The molecule has 0 aliphatic heterocycles. The zero-order valence-electron chi connectivity index (χ0n) is 19.0. The average molecular weight is 447 g/mol. The number of hydrogen-bond donors (Lipinski definition) is 1. The molecular formula is C24H25N5O4. The zero-order chi connectivity index (χ0) is 23.5. The number of hydrogen-bond acceptors (Lipinski definition) is 7. The van der Waals surface area contributed by atoms with Crippen molar-refractivity contribution in [2.75, 3.05) is 19.0 Å². The van der Waals surface area contributed by atoms with Gasteiger partial charge >= 0.3 is 5.97 Å². The first-order chi connectivity index (χ1) is 15.9. The maximum atomic E-state index is 12.8. The standard InChI is InChI=1S/C24H25N5O4/c1-14-12-21-26-15(2)17(16(3)29(21)28-14)7-10-22(30)27-19-8-9-20(33-13-23(31)32-4)24-18(19)6-5-11-25-24/h5-6,8-9,11-12H,7,10,13H2,1-4H3,(H,27,30). The molecule has 0 fully saturated rings. The fourth-order valence-electron chi connectivity index (χ4n) is 3.82. The molecule has 170 valence electrons. The zero-order valence-corrected chi connectivity index (χ0v) is 19.0. The van der Waals surface area contributed by atoms with Gasteiger partial charge in [-0.2, -0.15) is 5.10 Å². The molecule has 0 bridgehead atoms. The van der Waals surface area contributed by atoms with Gasteiger partial charge in [-0.25, -0.2) is 14.3 Å². The van der Waals surface area contributed by atoms with E-state index >= 15 is 0 Å². The molecule has 3 aromatic heterocycles. The van der Waals surface area contributed by atoms with Crippen LogP contribution in [0, 0.1) is 20.8 Å². The van der Waals surface area contributed by atoms with Gasteiger partial charge in [0.2, 0.25) is 5.91 Å². The molecule has 0 saturated carbocycles. The highest BCUT2D eigenvalue weighted by molar-refractivity contribution is 6.02. The highest BCUT2D eigenvalue weighted by Crippen LogP contribution is 2.30. The number of ether oxygens (including phenoxy) is 2. The lowest BCUT2D eigenvalue weighted by Crippen LogP contribution is -2.15. The molecule has 4 rings (SSSR count). The van der Waals surface area contributed by atoms with Gasteiger partial charge in [0, 0.05) is 35.5 Å². The Morgan fingerprint density at radius 2 is 1.97 bits per heavy atom. The molecule has 0 aliphatic carbocycles. The van der Waals surface area contributed by atoms with E-state index in [9.17, 15) is 9.59 Å². The van der Waals surface area contributed by atoms with Gasteiger partial charge in [-0.05, 0) is 57.0 Å². The van der Waals surface area contributed by atoms with Crippen molar-refractivity contribution < 1.29 is 19.1 Å². The fourth-order valence-corrected chi connectivity index (χ4v) is 3.82. The minimum Gasteiger partial charge on any atom is -0.480 e. The molecule has 0 unspecified atom stereocenters. The number of aromatic nitrogens is 4. The largest absolute Gasteiger partial charge is 0.480 e. The van der Waals surface area contributed by atoms with Crippen LogP contribution in [-0.2, 0) is 20.7 Å². The summed E-state index contributed by atoms with van der Waals surface area (Å²) in [6.07, 6.45) is 2.46. The lowest BCUT2D eigenvalue weighted by Gasteiger charge is -2.13. The summed E-state index contributed by atoms with van der Waals surface area (Å²) in [7, 11) is 1.30. The number of benzene rings is 1. The van der Waals surface area contributed by atoms with Crippen LogP contribution < -0.4 is 10.1 Å². The third kappa shape index (κ3) is 4.62. The maximum absolute atomic E-state index is 12.8. The molecule has 33 heavy (non-hydrogen) atoms. The summed E-state index contributed by atoms with van der Waals surface area (Å²) in [6, 6.07) is 8.98. The van der Waals surface area contributed by atoms with Crippen molar-refractivity contribution in [3.63, 3.8) is 0 Å².